The SMILES string of the molecule is NC(=O)N1CCN2C(=O)CCC2C1. The van der Waals surface area contributed by atoms with Gasteiger partial charge in [0.05, 0.1) is 0 Å². The van der Waals surface area contributed by atoms with Crippen LogP contribution in [0.2, 0.25) is 0 Å². The molecule has 2 aliphatic rings. The molecule has 0 spiro atoms. The summed E-state index contributed by atoms with van der Waals surface area (Å²) < 4.78 is 0. The lowest BCUT2D eigenvalue weighted by atomic mass is 10.2. The summed E-state index contributed by atoms with van der Waals surface area (Å²) in [6, 6.07) is -0.159. The standard InChI is InChI=1S/C8H13N3O2/c9-8(13)10-3-4-11-6(5-10)1-2-7(11)12/h6H,1-5H2,(H2,9,13). The Labute approximate surface area is 76.5 Å². The summed E-state index contributed by atoms with van der Waals surface area (Å²) in [5.41, 5.74) is 5.17. The third kappa shape index (κ3) is 1.34. The van der Waals surface area contributed by atoms with Gasteiger partial charge in [-0.2, -0.15) is 0 Å². The van der Waals surface area contributed by atoms with Gasteiger partial charge in [0.2, 0.25) is 5.91 Å². The summed E-state index contributed by atoms with van der Waals surface area (Å²) in [4.78, 5) is 25.6. The second-order valence-electron chi connectivity index (χ2n) is 3.56. The van der Waals surface area contributed by atoms with E-state index in [0.29, 0.717) is 26.1 Å². The number of hydrogen-bond acceptors (Lipinski definition) is 2. The molecule has 72 valence electrons. The Kier molecular flexibility index (Phi) is 1.86. The number of primary amides is 1. The smallest absolute Gasteiger partial charge is 0.314 e. The zero-order chi connectivity index (χ0) is 9.42. The number of rotatable bonds is 0. The van der Waals surface area contributed by atoms with Crippen LogP contribution in [0.15, 0.2) is 0 Å². The molecule has 3 amide bonds. The van der Waals surface area contributed by atoms with Gasteiger partial charge in [-0.25, -0.2) is 4.79 Å². The molecule has 0 aromatic carbocycles. The van der Waals surface area contributed by atoms with Crippen molar-refractivity contribution in [3.8, 4) is 0 Å². The Balaban J connectivity index is 2.03. The molecule has 5 nitrogen and oxygen atoms in total. The van der Waals surface area contributed by atoms with Crippen LogP contribution >= 0.6 is 0 Å². The van der Waals surface area contributed by atoms with E-state index in [2.05, 4.69) is 0 Å². The molecule has 2 saturated heterocycles. The molecule has 13 heavy (non-hydrogen) atoms. The minimum atomic E-state index is -0.376. The van der Waals surface area contributed by atoms with Crippen molar-refractivity contribution in [3.63, 3.8) is 0 Å². The summed E-state index contributed by atoms with van der Waals surface area (Å²) in [5, 5.41) is 0. The zero-order valence-electron chi connectivity index (χ0n) is 7.40. The van der Waals surface area contributed by atoms with Crippen LogP contribution in [0.4, 0.5) is 4.79 Å². The average molecular weight is 183 g/mol. The van der Waals surface area contributed by atoms with Crippen molar-refractivity contribution in [2.75, 3.05) is 19.6 Å². The first-order valence-corrected chi connectivity index (χ1v) is 4.52. The quantitative estimate of drug-likeness (QED) is 0.543. The van der Waals surface area contributed by atoms with Gasteiger partial charge in [-0.1, -0.05) is 0 Å². The maximum atomic E-state index is 11.3. The maximum absolute atomic E-state index is 11.3. The predicted molar refractivity (Wildman–Crippen MR) is 45.9 cm³/mol. The van der Waals surface area contributed by atoms with Gasteiger partial charge < -0.3 is 15.5 Å². The molecule has 1 unspecified atom stereocenters. The van der Waals surface area contributed by atoms with E-state index in [1.165, 1.54) is 0 Å². The van der Waals surface area contributed by atoms with E-state index >= 15 is 0 Å². The van der Waals surface area contributed by atoms with E-state index in [9.17, 15) is 9.59 Å². The third-order valence-electron chi connectivity index (χ3n) is 2.81. The van der Waals surface area contributed by atoms with Gasteiger partial charge in [0.25, 0.3) is 0 Å². The fourth-order valence-electron chi connectivity index (χ4n) is 2.06. The van der Waals surface area contributed by atoms with Crippen molar-refractivity contribution in [1.82, 2.24) is 9.80 Å². The number of carbonyl (C=O) groups is 2. The van der Waals surface area contributed by atoms with Gasteiger partial charge in [-0.15, -0.1) is 0 Å². The minimum absolute atomic E-state index is 0.216. The topological polar surface area (TPSA) is 66.6 Å². The second kappa shape index (κ2) is 2.90. The van der Waals surface area contributed by atoms with Crippen LogP contribution in [0, 0.1) is 0 Å². The zero-order valence-corrected chi connectivity index (χ0v) is 7.40. The van der Waals surface area contributed by atoms with Crippen molar-refractivity contribution < 1.29 is 9.59 Å². The van der Waals surface area contributed by atoms with Gasteiger partial charge in [0.15, 0.2) is 0 Å². The first kappa shape index (κ1) is 8.34. The molecule has 0 saturated carbocycles. The Morgan fingerprint density at radius 1 is 1.46 bits per heavy atom. The van der Waals surface area contributed by atoms with Gasteiger partial charge in [0, 0.05) is 32.1 Å². The molecule has 0 aliphatic carbocycles. The normalized spacial score (nSPS) is 27.7. The largest absolute Gasteiger partial charge is 0.351 e. The van der Waals surface area contributed by atoms with E-state index in [1.807, 2.05) is 4.90 Å². The monoisotopic (exact) mass is 183 g/mol. The van der Waals surface area contributed by atoms with Crippen LogP contribution in [0.1, 0.15) is 12.8 Å². The number of piperazine rings is 1. The number of nitrogens with zero attached hydrogens (tertiary/aromatic N) is 2. The first-order chi connectivity index (χ1) is 6.18. The van der Waals surface area contributed by atoms with Crippen LogP contribution < -0.4 is 5.73 Å². The highest BCUT2D eigenvalue weighted by atomic mass is 16.2. The summed E-state index contributed by atoms with van der Waals surface area (Å²) in [7, 11) is 0. The van der Waals surface area contributed by atoms with Crippen LogP contribution in [-0.2, 0) is 4.79 Å². The Bertz CT molecular complexity index is 254. The predicted octanol–water partition coefficient (Wildman–Crippen LogP) is -0.628. The van der Waals surface area contributed by atoms with Crippen molar-refractivity contribution in [2.24, 2.45) is 5.73 Å². The van der Waals surface area contributed by atoms with Gasteiger partial charge in [-0.3, -0.25) is 4.79 Å². The fraction of sp³-hybridized carbons (Fsp3) is 0.750. The van der Waals surface area contributed by atoms with Crippen LogP contribution in [0.5, 0.6) is 0 Å². The summed E-state index contributed by atoms with van der Waals surface area (Å²) in [6.45, 7) is 1.84. The molecule has 2 aliphatic heterocycles. The van der Waals surface area contributed by atoms with Crippen LogP contribution in [-0.4, -0.2) is 47.4 Å². The van der Waals surface area contributed by atoms with E-state index in [4.69, 9.17) is 5.73 Å². The molecule has 2 rings (SSSR count). The summed E-state index contributed by atoms with van der Waals surface area (Å²) >= 11 is 0. The van der Waals surface area contributed by atoms with E-state index in [0.717, 1.165) is 6.42 Å². The molecular weight excluding hydrogens is 170 g/mol. The van der Waals surface area contributed by atoms with Gasteiger partial charge in [0.1, 0.15) is 0 Å². The Morgan fingerprint density at radius 2 is 2.23 bits per heavy atom. The van der Waals surface area contributed by atoms with Crippen LogP contribution in [0.3, 0.4) is 0 Å². The highest BCUT2D eigenvalue weighted by Gasteiger charge is 2.36. The third-order valence-corrected chi connectivity index (χ3v) is 2.81. The molecule has 5 heteroatoms. The molecular formula is C8H13N3O2. The second-order valence-corrected chi connectivity index (χ2v) is 3.56. The lowest BCUT2D eigenvalue weighted by Crippen LogP contribution is -2.54. The molecule has 1 atom stereocenters. The molecule has 0 bridgehead atoms. The van der Waals surface area contributed by atoms with Crippen molar-refractivity contribution >= 4 is 11.9 Å². The Morgan fingerprint density at radius 3 is 2.92 bits per heavy atom. The molecule has 2 N–H and O–H groups in total. The highest BCUT2D eigenvalue weighted by Crippen LogP contribution is 2.22. The number of amides is 3. The summed E-state index contributed by atoms with van der Waals surface area (Å²) in [5.74, 6) is 0.217. The fourth-order valence-corrected chi connectivity index (χ4v) is 2.06. The molecule has 0 radical (unpaired) electrons. The van der Waals surface area contributed by atoms with Crippen molar-refractivity contribution in [3.05, 3.63) is 0 Å². The lowest BCUT2D eigenvalue weighted by Gasteiger charge is -2.36. The maximum Gasteiger partial charge on any atom is 0.314 e. The van der Waals surface area contributed by atoms with E-state index in [-0.39, 0.29) is 18.0 Å². The van der Waals surface area contributed by atoms with E-state index in [1.54, 1.807) is 4.90 Å². The highest BCUT2D eigenvalue weighted by molar-refractivity contribution is 5.79. The number of fused-ring (bicyclic) bond motifs is 1. The molecule has 2 fully saturated rings. The van der Waals surface area contributed by atoms with Crippen molar-refractivity contribution in [2.45, 2.75) is 18.9 Å². The number of hydrogen-bond donors (Lipinski definition) is 1. The average Bonchev–Trinajstić information content (AvgIpc) is 2.47. The summed E-state index contributed by atoms with van der Waals surface area (Å²) in [6.07, 6.45) is 1.49. The number of carbonyl (C=O) groups excluding carboxylic acids is 2. The van der Waals surface area contributed by atoms with Crippen molar-refractivity contribution in [1.29, 1.82) is 0 Å². The molecule has 0 aromatic heterocycles. The Hall–Kier alpha value is -1.26. The molecule has 2 heterocycles. The van der Waals surface area contributed by atoms with Crippen LogP contribution in [0.25, 0.3) is 0 Å². The van der Waals surface area contributed by atoms with E-state index < -0.39 is 0 Å². The lowest BCUT2D eigenvalue weighted by molar-refractivity contribution is -0.130. The van der Waals surface area contributed by atoms with Gasteiger partial charge in [-0.05, 0) is 6.42 Å². The molecule has 0 aromatic rings. The first-order valence-electron chi connectivity index (χ1n) is 4.52. The van der Waals surface area contributed by atoms with Gasteiger partial charge >= 0.3 is 6.03 Å². The minimum Gasteiger partial charge on any atom is -0.351 e. The number of nitrogens with two attached hydrogens (primary N) is 1. The number of urea groups is 1.